The molecule has 0 N–H and O–H groups in total. The summed E-state index contributed by atoms with van der Waals surface area (Å²) in [6.07, 6.45) is 3.76. The summed E-state index contributed by atoms with van der Waals surface area (Å²) in [5.74, 6) is 0.318. The molecule has 0 fully saturated rings. The molecule has 0 saturated heterocycles. The van der Waals surface area contributed by atoms with Gasteiger partial charge in [-0.3, -0.25) is 0 Å². The van der Waals surface area contributed by atoms with Crippen molar-refractivity contribution in [2.75, 3.05) is 13.4 Å². The van der Waals surface area contributed by atoms with Gasteiger partial charge >= 0.3 is 0 Å². The Morgan fingerprint density at radius 1 is 1.21 bits per heavy atom. The lowest BCUT2D eigenvalue weighted by Gasteiger charge is -2.10. The molecule has 0 aliphatic carbocycles. The Morgan fingerprint density at radius 3 is 2.79 bits per heavy atom. The van der Waals surface area contributed by atoms with Crippen LogP contribution in [0.4, 0.5) is 0 Å². The molecule has 74 valence electrons. The fourth-order valence-electron chi connectivity index (χ4n) is 1.49. The van der Waals surface area contributed by atoms with E-state index in [1.807, 2.05) is 6.08 Å². The number of benzene rings is 1. The molecule has 2 heteroatoms. The van der Waals surface area contributed by atoms with Gasteiger partial charge in [0.2, 0.25) is 0 Å². The van der Waals surface area contributed by atoms with Crippen LogP contribution in [0.3, 0.4) is 0 Å². The Morgan fingerprint density at radius 2 is 2.00 bits per heavy atom. The third-order valence-electron chi connectivity index (χ3n) is 2.36. The van der Waals surface area contributed by atoms with Crippen LogP contribution in [0.25, 0.3) is 0 Å². The molecule has 1 aromatic rings. The molecule has 2 rings (SSSR count). The lowest BCUT2D eigenvalue weighted by atomic mass is 9.99. The maximum Gasteiger partial charge on any atom is 0.188 e. The number of rotatable bonds is 1. The normalized spacial score (nSPS) is 21.4. The quantitative estimate of drug-likeness (QED) is 0.677. The van der Waals surface area contributed by atoms with E-state index in [2.05, 4.69) is 31.2 Å². The largest absolute Gasteiger partial charge is 0.475 e. The lowest BCUT2D eigenvalue weighted by Crippen LogP contribution is -2.04. The van der Waals surface area contributed by atoms with E-state index in [1.54, 1.807) is 6.26 Å². The third kappa shape index (κ3) is 2.15. The van der Waals surface area contributed by atoms with Crippen LogP contribution in [0.1, 0.15) is 17.0 Å². The zero-order valence-corrected chi connectivity index (χ0v) is 8.27. The van der Waals surface area contributed by atoms with Crippen LogP contribution in [-0.2, 0) is 9.47 Å². The van der Waals surface area contributed by atoms with Crippen molar-refractivity contribution < 1.29 is 9.47 Å². The molecular weight excluding hydrogens is 176 g/mol. The van der Waals surface area contributed by atoms with Crippen molar-refractivity contribution in [3.05, 3.63) is 47.7 Å². The first-order valence-electron chi connectivity index (χ1n) is 4.79. The minimum atomic E-state index is 0.318. The molecule has 0 radical (unpaired) electrons. The summed E-state index contributed by atoms with van der Waals surface area (Å²) < 4.78 is 10.4. The molecule has 1 unspecified atom stereocenters. The zero-order valence-electron chi connectivity index (χ0n) is 8.27. The summed E-state index contributed by atoms with van der Waals surface area (Å²) in [4.78, 5) is 0. The summed E-state index contributed by atoms with van der Waals surface area (Å²) in [7, 11) is 0. The van der Waals surface area contributed by atoms with Gasteiger partial charge in [-0.1, -0.05) is 29.8 Å². The fourth-order valence-corrected chi connectivity index (χ4v) is 1.49. The van der Waals surface area contributed by atoms with Crippen molar-refractivity contribution in [3.8, 4) is 0 Å². The Hall–Kier alpha value is -1.28. The van der Waals surface area contributed by atoms with Crippen molar-refractivity contribution >= 4 is 0 Å². The molecule has 1 aliphatic heterocycles. The lowest BCUT2D eigenvalue weighted by molar-refractivity contribution is -0.00474. The van der Waals surface area contributed by atoms with Crippen molar-refractivity contribution in [2.24, 2.45) is 0 Å². The van der Waals surface area contributed by atoms with Gasteiger partial charge in [-0.25, -0.2) is 0 Å². The molecule has 1 aliphatic rings. The average molecular weight is 190 g/mol. The maximum atomic E-state index is 5.31. The van der Waals surface area contributed by atoms with Crippen LogP contribution >= 0.6 is 0 Å². The number of hydrogen-bond donors (Lipinski definition) is 0. The first-order valence-corrected chi connectivity index (χ1v) is 4.79. The van der Waals surface area contributed by atoms with E-state index in [0.717, 1.165) is 0 Å². The van der Waals surface area contributed by atoms with E-state index >= 15 is 0 Å². The summed E-state index contributed by atoms with van der Waals surface area (Å²) >= 11 is 0. The fraction of sp³-hybridized carbons (Fsp3) is 0.333. The molecule has 1 heterocycles. The second-order valence-electron chi connectivity index (χ2n) is 3.50. The second kappa shape index (κ2) is 4.29. The number of ether oxygens (including phenoxy) is 2. The summed E-state index contributed by atoms with van der Waals surface area (Å²) in [6.45, 7) is 3.14. The first-order chi connectivity index (χ1) is 6.86. The molecular formula is C12H14O2. The summed E-state index contributed by atoms with van der Waals surface area (Å²) in [6, 6.07) is 8.52. The summed E-state index contributed by atoms with van der Waals surface area (Å²) in [5.41, 5.74) is 2.56. The molecule has 0 spiro atoms. The molecule has 14 heavy (non-hydrogen) atoms. The molecule has 0 bridgehead atoms. The van der Waals surface area contributed by atoms with Crippen LogP contribution in [0.5, 0.6) is 0 Å². The SMILES string of the molecule is Cc1ccc(C2C=COCOC2)cc1. The molecule has 0 amide bonds. The van der Waals surface area contributed by atoms with Gasteiger partial charge in [-0.15, -0.1) is 0 Å². The van der Waals surface area contributed by atoms with Crippen molar-refractivity contribution in [1.29, 1.82) is 0 Å². The van der Waals surface area contributed by atoms with Crippen molar-refractivity contribution in [3.63, 3.8) is 0 Å². The monoisotopic (exact) mass is 190 g/mol. The van der Waals surface area contributed by atoms with Crippen LogP contribution in [0, 0.1) is 6.92 Å². The van der Waals surface area contributed by atoms with Crippen LogP contribution in [-0.4, -0.2) is 13.4 Å². The highest BCUT2D eigenvalue weighted by Gasteiger charge is 2.10. The number of aryl methyl sites for hydroxylation is 1. The van der Waals surface area contributed by atoms with E-state index in [9.17, 15) is 0 Å². The van der Waals surface area contributed by atoms with Gasteiger partial charge < -0.3 is 9.47 Å². The van der Waals surface area contributed by atoms with E-state index in [0.29, 0.717) is 19.3 Å². The van der Waals surface area contributed by atoms with E-state index < -0.39 is 0 Å². The third-order valence-corrected chi connectivity index (χ3v) is 2.36. The minimum Gasteiger partial charge on any atom is -0.475 e. The van der Waals surface area contributed by atoms with Gasteiger partial charge in [0, 0.05) is 5.92 Å². The first kappa shape index (κ1) is 9.28. The Labute approximate surface area is 84.2 Å². The molecule has 1 atom stereocenters. The number of hydrogen-bond acceptors (Lipinski definition) is 2. The topological polar surface area (TPSA) is 18.5 Å². The predicted octanol–water partition coefficient (Wildman–Crippen LogP) is 2.60. The van der Waals surface area contributed by atoms with Gasteiger partial charge in [0.25, 0.3) is 0 Å². The van der Waals surface area contributed by atoms with Gasteiger partial charge in [0.05, 0.1) is 12.9 Å². The molecule has 2 nitrogen and oxygen atoms in total. The highest BCUT2D eigenvalue weighted by molar-refractivity contribution is 5.27. The van der Waals surface area contributed by atoms with E-state index in [4.69, 9.17) is 9.47 Å². The molecule has 0 aromatic heterocycles. The standard InChI is InChI=1S/C12H14O2/c1-10-2-4-11(5-3-10)12-6-7-13-9-14-8-12/h2-7,12H,8-9H2,1H3. The highest BCUT2D eigenvalue weighted by Crippen LogP contribution is 2.19. The Balaban J connectivity index is 2.16. The van der Waals surface area contributed by atoms with E-state index in [-0.39, 0.29) is 0 Å². The van der Waals surface area contributed by atoms with Crippen LogP contribution in [0.15, 0.2) is 36.6 Å². The van der Waals surface area contributed by atoms with Gasteiger partial charge in [0.1, 0.15) is 0 Å². The van der Waals surface area contributed by atoms with Gasteiger partial charge in [-0.2, -0.15) is 0 Å². The van der Waals surface area contributed by atoms with Crippen LogP contribution < -0.4 is 0 Å². The molecule has 0 saturated carbocycles. The Bertz CT molecular complexity index is 314. The Kier molecular flexibility index (Phi) is 2.84. The predicted molar refractivity (Wildman–Crippen MR) is 55.0 cm³/mol. The second-order valence-corrected chi connectivity index (χ2v) is 3.50. The van der Waals surface area contributed by atoms with E-state index in [1.165, 1.54) is 11.1 Å². The minimum absolute atomic E-state index is 0.318. The van der Waals surface area contributed by atoms with Crippen molar-refractivity contribution in [1.82, 2.24) is 0 Å². The highest BCUT2D eigenvalue weighted by atomic mass is 16.7. The summed E-state index contributed by atoms with van der Waals surface area (Å²) in [5, 5.41) is 0. The van der Waals surface area contributed by atoms with Crippen molar-refractivity contribution in [2.45, 2.75) is 12.8 Å². The van der Waals surface area contributed by atoms with Crippen LogP contribution in [0.2, 0.25) is 0 Å². The van der Waals surface area contributed by atoms with Gasteiger partial charge in [0.15, 0.2) is 6.79 Å². The maximum absolute atomic E-state index is 5.31. The van der Waals surface area contributed by atoms with Gasteiger partial charge in [-0.05, 0) is 18.6 Å². The zero-order chi connectivity index (χ0) is 9.80. The smallest absolute Gasteiger partial charge is 0.188 e. The molecule has 1 aromatic carbocycles. The average Bonchev–Trinajstić information content (AvgIpc) is 2.47.